The van der Waals surface area contributed by atoms with Gasteiger partial charge >= 0.3 is 0 Å². The molecule has 1 aromatic carbocycles. The molecule has 1 atom stereocenters. The number of aldehydes is 1. The van der Waals surface area contributed by atoms with Crippen LogP contribution in [0.1, 0.15) is 32.3 Å². The van der Waals surface area contributed by atoms with Crippen LogP contribution in [-0.2, 0) is 10.2 Å². The maximum atomic E-state index is 11.7. The van der Waals surface area contributed by atoms with Crippen LogP contribution in [0.4, 0.5) is 5.69 Å². The van der Waals surface area contributed by atoms with Crippen molar-refractivity contribution in [2.75, 3.05) is 25.0 Å². The fourth-order valence-corrected chi connectivity index (χ4v) is 3.69. The Morgan fingerprint density at radius 2 is 1.95 bits per heavy atom. The number of nitrogens with one attached hydrogen (secondary N) is 2. The molecule has 3 rings (SSSR count). The molecule has 0 amide bonds. The topological polar surface area (TPSA) is 44.4 Å². The van der Waals surface area contributed by atoms with E-state index in [1.807, 2.05) is 6.07 Å². The van der Waals surface area contributed by atoms with E-state index in [0.29, 0.717) is 6.04 Å². The summed E-state index contributed by atoms with van der Waals surface area (Å²) in [6.07, 6.45) is 3.05. The Morgan fingerprint density at radius 1 is 1.24 bits per heavy atom. The molecule has 114 valence electrons. The van der Waals surface area contributed by atoms with Crippen molar-refractivity contribution in [3.63, 3.8) is 0 Å². The van der Waals surface area contributed by atoms with Gasteiger partial charge in [-0.05, 0) is 37.6 Å². The van der Waals surface area contributed by atoms with Gasteiger partial charge in [0.05, 0.1) is 0 Å². The standard InChI is InChI=1S/C17H25N3O/c1-17(2)12-20(13-7-9-18-10-8-13)16(11-21)19-15-6-4-3-5-14(15)17/h3-6,11,13,16,18-19H,7-10,12H2,1-2H3. The first kappa shape index (κ1) is 14.5. The summed E-state index contributed by atoms with van der Waals surface area (Å²) in [7, 11) is 0. The average Bonchev–Trinajstić information content (AvgIpc) is 2.63. The molecule has 1 unspecified atom stereocenters. The van der Waals surface area contributed by atoms with Crippen molar-refractivity contribution in [2.24, 2.45) is 0 Å². The van der Waals surface area contributed by atoms with Crippen LogP contribution in [0.2, 0.25) is 0 Å². The third-order valence-corrected chi connectivity index (χ3v) is 4.80. The van der Waals surface area contributed by atoms with Gasteiger partial charge in [0.25, 0.3) is 0 Å². The van der Waals surface area contributed by atoms with Gasteiger partial charge in [0.15, 0.2) is 6.29 Å². The number of rotatable bonds is 2. The molecule has 0 saturated carbocycles. The first-order chi connectivity index (χ1) is 10.1. The van der Waals surface area contributed by atoms with Crippen molar-refractivity contribution in [3.05, 3.63) is 29.8 Å². The summed E-state index contributed by atoms with van der Waals surface area (Å²) in [5.74, 6) is 0. The maximum Gasteiger partial charge on any atom is 0.157 e. The summed E-state index contributed by atoms with van der Waals surface area (Å²) in [6.45, 7) is 7.54. The Bertz CT molecular complexity index is 509. The normalized spacial score (nSPS) is 26.5. The highest BCUT2D eigenvalue weighted by Crippen LogP contribution is 2.35. The molecule has 4 heteroatoms. The first-order valence-corrected chi connectivity index (χ1v) is 7.89. The SMILES string of the molecule is CC1(C)CN(C2CCNCC2)C(C=O)Nc2ccccc21. The summed E-state index contributed by atoms with van der Waals surface area (Å²) in [4.78, 5) is 14.0. The molecule has 2 N–H and O–H groups in total. The summed E-state index contributed by atoms with van der Waals surface area (Å²) in [6, 6.07) is 8.85. The zero-order chi connectivity index (χ0) is 14.9. The lowest BCUT2D eigenvalue weighted by atomic mass is 9.83. The van der Waals surface area contributed by atoms with E-state index in [9.17, 15) is 4.79 Å². The van der Waals surface area contributed by atoms with Crippen molar-refractivity contribution in [1.29, 1.82) is 0 Å². The third kappa shape index (κ3) is 2.83. The number of fused-ring (bicyclic) bond motifs is 1. The number of hydrogen-bond donors (Lipinski definition) is 2. The van der Waals surface area contributed by atoms with Crippen LogP contribution in [-0.4, -0.2) is 43.0 Å². The average molecular weight is 287 g/mol. The van der Waals surface area contributed by atoms with Gasteiger partial charge in [-0.15, -0.1) is 0 Å². The zero-order valence-corrected chi connectivity index (χ0v) is 12.9. The monoisotopic (exact) mass is 287 g/mol. The van der Waals surface area contributed by atoms with E-state index in [0.717, 1.165) is 44.4 Å². The van der Waals surface area contributed by atoms with E-state index < -0.39 is 0 Å². The van der Waals surface area contributed by atoms with E-state index in [-0.39, 0.29) is 11.6 Å². The quantitative estimate of drug-likeness (QED) is 0.816. The van der Waals surface area contributed by atoms with Crippen LogP contribution in [0.5, 0.6) is 0 Å². The maximum absolute atomic E-state index is 11.7. The second-order valence-electron chi connectivity index (χ2n) is 6.81. The van der Waals surface area contributed by atoms with Gasteiger partial charge in [0.2, 0.25) is 0 Å². The number of anilines is 1. The van der Waals surface area contributed by atoms with Crippen LogP contribution in [0.15, 0.2) is 24.3 Å². The molecule has 4 nitrogen and oxygen atoms in total. The lowest BCUT2D eigenvalue weighted by molar-refractivity contribution is -0.112. The van der Waals surface area contributed by atoms with Gasteiger partial charge in [0.1, 0.15) is 6.17 Å². The molecule has 0 radical (unpaired) electrons. The fourth-order valence-electron chi connectivity index (χ4n) is 3.69. The minimum atomic E-state index is -0.226. The molecule has 2 heterocycles. The van der Waals surface area contributed by atoms with E-state index in [1.54, 1.807) is 0 Å². The molecule has 0 aliphatic carbocycles. The van der Waals surface area contributed by atoms with Crippen LogP contribution >= 0.6 is 0 Å². The summed E-state index contributed by atoms with van der Waals surface area (Å²) in [5, 5.41) is 6.85. The largest absolute Gasteiger partial charge is 0.363 e. The van der Waals surface area contributed by atoms with E-state index in [2.05, 4.69) is 47.6 Å². The molecular weight excluding hydrogens is 262 g/mol. The van der Waals surface area contributed by atoms with Gasteiger partial charge in [-0.3, -0.25) is 9.69 Å². The van der Waals surface area contributed by atoms with Crippen LogP contribution in [0, 0.1) is 0 Å². The third-order valence-electron chi connectivity index (χ3n) is 4.80. The highest BCUT2D eigenvalue weighted by molar-refractivity contribution is 5.67. The Kier molecular flexibility index (Phi) is 4.00. The Morgan fingerprint density at radius 3 is 2.67 bits per heavy atom. The van der Waals surface area contributed by atoms with Crippen molar-refractivity contribution in [1.82, 2.24) is 10.2 Å². The molecule has 2 aliphatic heterocycles. The molecule has 0 bridgehead atoms. The highest BCUT2D eigenvalue weighted by Gasteiger charge is 2.37. The zero-order valence-electron chi connectivity index (χ0n) is 12.9. The Hall–Kier alpha value is -1.39. The number of nitrogens with zero attached hydrogens (tertiary/aromatic N) is 1. The van der Waals surface area contributed by atoms with Crippen LogP contribution < -0.4 is 10.6 Å². The molecular formula is C17H25N3O. The van der Waals surface area contributed by atoms with Crippen LogP contribution in [0.3, 0.4) is 0 Å². The molecule has 0 spiro atoms. The molecule has 0 aromatic heterocycles. The number of carbonyl (C=O) groups is 1. The first-order valence-electron chi connectivity index (χ1n) is 7.89. The Labute approximate surface area is 126 Å². The van der Waals surface area contributed by atoms with E-state index >= 15 is 0 Å². The van der Waals surface area contributed by atoms with Crippen molar-refractivity contribution in [3.8, 4) is 0 Å². The molecule has 1 aromatic rings. The predicted octanol–water partition coefficient (Wildman–Crippen LogP) is 1.97. The summed E-state index contributed by atoms with van der Waals surface area (Å²) < 4.78 is 0. The summed E-state index contributed by atoms with van der Waals surface area (Å²) >= 11 is 0. The number of hydrogen-bond acceptors (Lipinski definition) is 4. The molecule has 1 saturated heterocycles. The molecule has 21 heavy (non-hydrogen) atoms. The highest BCUT2D eigenvalue weighted by atomic mass is 16.1. The lowest BCUT2D eigenvalue weighted by Crippen LogP contribution is -2.53. The smallest absolute Gasteiger partial charge is 0.157 e. The number of benzene rings is 1. The van der Waals surface area contributed by atoms with Crippen molar-refractivity contribution < 1.29 is 4.79 Å². The van der Waals surface area contributed by atoms with Gasteiger partial charge in [-0.1, -0.05) is 32.0 Å². The molecule has 1 fully saturated rings. The van der Waals surface area contributed by atoms with Gasteiger partial charge in [0, 0.05) is 23.7 Å². The van der Waals surface area contributed by atoms with Crippen molar-refractivity contribution >= 4 is 12.0 Å². The van der Waals surface area contributed by atoms with Gasteiger partial charge in [-0.25, -0.2) is 0 Å². The number of carbonyl (C=O) groups excluding carboxylic acids is 1. The van der Waals surface area contributed by atoms with E-state index in [1.165, 1.54) is 5.56 Å². The number of piperidine rings is 1. The van der Waals surface area contributed by atoms with E-state index in [4.69, 9.17) is 0 Å². The lowest BCUT2D eigenvalue weighted by Gasteiger charge is -2.40. The molecule has 2 aliphatic rings. The summed E-state index contributed by atoms with van der Waals surface area (Å²) in [5.41, 5.74) is 2.43. The van der Waals surface area contributed by atoms with Crippen molar-refractivity contribution in [2.45, 2.75) is 44.3 Å². The minimum absolute atomic E-state index is 0.0340. The van der Waals surface area contributed by atoms with Gasteiger partial charge < -0.3 is 10.6 Å². The fraction of sp³-hybridized carbons (Fsp3) is 0.588. The second-order valence-corrected chi connectivity index (χ2v) is 6.81. The minimum Gasteiger partial charge on any atom is -0.363 e. The van der Waals surface area contributed by atoms with Crippen LogP contribution in [0.25, 0.3) is 0 Å². The van der Waals surface area contributed by atoms with Gasteiger partial charge in [-0.2, -0.15) is 0 Å². The second kappa shape index (κ2) is 5.78. The number of para-hydroxylation sites is 1. The Balaban J connectivity index is 1.94. The predicted molar refractivity (Wildman–Crippen MR) is 85.5 cm³/mol.